The predicted octanol–water partition coefficient (Wildman–Crippen LogP) is 4.66. The Morgan fingerprint density at radius 2 is 1.76 bits per heavy atom. The van der Waals surface area contributed by atoms with Gasteiger partial charge < -0.3 is 5.32 Å². The zero-order valence-electron chi connectivity index (χ0n) is 13.8. The predicted molar refractivity (Wildman–Crippen MR) is 103 cm³/mol. The van der Waals surface area contributed by atoms with Crippen LogP contribution in [-0.4, -0.2) is 22.7 Å². The molecule has 0 unspecified atom stereocenters. The monoisotopic (exact) mass is 350 g/mol. The van der Waals surface area contributed by atoms with Crippen LogP contribution in [0.3, 0.4) is 0 Å². The fourth-order valence-corrected chi connectivity index (χ4v) is 3.09. The second kappa shape index (κ2) is 7.85. The van der Waals surface area contributed by atoms with E-state index in [1.165, 1.54) is 4.90 Å². The molecule has 1 aliphatic heterocycles. The van der Waals surface area contributed by atoms with Crippen LogP contribution in [0, 0.1) is 6.92 Å². The molecule has 0 radical (unpaired) electrons. The average molecular weight is 350 g/mol. The maximum absolute atomic E-state index is 12.4. The van der Waals surface area contributed by atoms with Crippen molar-refractivity contribution in [1.82, 2.24) is 4.90 Å². The molecule has 5 heteroatoms. The first-order valence-electron chi connectivity index (χ1n) is 7.91. The molecule has 1 fully saturated rings. The number of anilines is 1. The number of imide groups is 1. The Morgan fingerprint density at radius 3 is 2.48 bits per heavy atom. The third kappa shape index (κ3) is 4.39. The van der Waals surface area contributed by atoms with E-state index in [1.54, 1.807) is 12.2 Å². The summed E-state index contributed by atoms with van der Waals surface area (Å²) in [5, 5.41) is 2.84. The lowest BCUT2D eigenvalue weighted by Gasteiger charge is -2.14. The van der Waals surface area contributed by atoms with E-state index in [1.807, 2.05) is 67.6 Å². The number of aryl methyl sites for hydroxylation is 1. The van der Waals surface area contributed by atoms with E-state index in [4.69, 9.17) is 0 Å². The summed E-state index contributed by atoms with van der Waals surface area (Å²) in [7, 11) is 0. The summed E-state index contributed by atoms with van der Waals surface area (Å²) < 4.78 is 0. The van der Waals surface area contributed by atoms with E-state index < -0.39 is 0 Å². The summed E-state index contributed by atoms with van der Waals surface area (Å²) in [6.45, 7) is 2.17. The standard InChI is InChI=1S/C20H18N2O2S/c1-15-10-12-17(13-11-15)21-14-22-19(23)18(25-20(22)24)9-5-8-16-6-3-2-4-7-16/h2-13,21H,14H2,1H3/b8-5+,18-9-. The van der Waals surface area contributed by atoms with Gasteiger partial charge in [-0.25, -0.2) is 0 Å². The third-order valence-corrected chi connectivity index (χ3v) is 4.63. The number of hydrogen-bond donors (Lipinski definition) is 1. The highest BCUT2D eigenvalue weighted by molar-refractivity contribution is 8.18. The lowest BCUT2D eigenvalue weighted by molar-refractivity contribution is -0.122. The smallest absolute Gasteiger partial charge is 0.295 e. The highest BCUT2D eigenvalue weighted by Gasteiger charge is 2.34. The van der Waals surface area contributed by atoms with Gasteiger partial charge >= 0.3 is 0 Å². The van der Waals surface area contributed by atoms with Crippen LogP contribution in [0.2, 0.25) is 0 Å². The molecule has 0 aliphatic carbocycles. The van der Waals surface area contributed by atoms with Crippen LogP contribution in [0.25, 0.3) is 6.08 Å². The highest BCUT2D eigenvalue weighted by atomic mass is 32.2. The minimum absolute atomic E-state index is 0.160. The van der Waals surface area contributed by atoms with Gasteiger partial charge in [0.1, 0.15) is 0 Å². The number of rotatable bonds is 5. The Balaban J connectivity index is 1.62. The summed E-state index contributed by atoms with van der Waals surface area (Å²) >= 11 is 0.962. The molecule has 0 atom stereocenters. The number of hydrogen-bond acceptors (Lipinski definition) is 4. The number of carbonyl (C=O) groups is 2. The van der Waals surface area contributed by atoms with Crippen molar-refractivity contribution in [3.05, 3.63) is 82.8 Å². The number of allylic oxidation sites excluding steroid dienone is 2. The number of amides is 2. The quantitative estimate of drug-likeness (QED) is 0.797. The van der Waals surface area contributed by atoms with Crippen LogP contribution < -0.4 is 5.32 Å². The molecule has 0 spiro atoms. The molecule has 2 aromatic carbocycles. The van der Waals surface area contributed by atoms with Gasteiger partial charge in [-0.2, -0.15) is 0 Å². The summed E-state index contributed by atoms with van der Waals surface area (Å²) in [4.78, 5) is 26.1. The van der Waals surface area contributed by atoms with E-state index in [9.17, 15) is 9.59 Å². The SMILES string of the molecule is Cc1ccc(NCN2C(=O)S/C(=C\C=C\c3ccccc3)C2=O)cc1. The molecule has 0 aromatic heterocycles. The molecular formula is C20H18N2O2S. The van der Waals surface area contributed by atoms with Gasteiger partial charge in [0.15, 0.2) is 0 Å². The first-order chi connectivity index (χ1) is 12.1. The van der Waals surface area contributed by atoms with Crippen LogP contribution in [0.5, 0.6) is 0 Å². The van der Waals surface area contributed by atoms with Crippen molar-refractivity contribution in [1.29, 1.82) is 0 Å². The van der Waals surface area contributed by atoms with Crippen molar-refractivity contribution < 1.29 is 9.59 Å². The molecule has 0 saturated carbocycles. The van der Waals surface area contributed by atoms with Gasteiger partial charge in [0.2, 0.25) is 0 Å². The van der Waals surface area contributed by atoms with Gasteiger partial charge in [-0.3, -0.25) is 14.5 Å². The van der Waals surface area contributed by atoms with Gasteiger partial charge in [0.25, 0.3) is 11.1 Å². The van der Waals surface area contributed by atoms with Crippen molar-refractivity contribution in [2.45, 2.75) is 6.92 Å². The Labute approximate surface area is 151 Å². The van der Waals surface area contributed by atoms with Crippen molar-refractivity contribution in [3.63, 3.8) is 0 Å². The molecule has 4 nitrogen and oxygen atoms in total. The van der Waals surface area contributed by atoms with Gasteiger partial charge in [-0.15, -0.1) is 0 Å². The maximum Gasteiger partial charge on any atom is 0.295 e. The Hall–Kier alpha value is -2.79. The van der Waals surface area contributed by atoms with Gasteiger partial charge in [0, 0.05) is 5.69 Å². The van der Waals surface area contributed by atoms with Crippen LogP contribution in [0.1, 0.15) is 11.1 Å². The Morgan fingerprint density at radius 1 is 1.04 bits per heavy atom. The molecule has 1 aliphatic rings. The van der Waals surface area contributed by atoms with Crippen LogP contribution in [0.15, 0.2) is 71.7 Å². The van der Waals surface area contributed by atoms with Crippen LogP contribution >= 0.6 is 11.8 Å². The second-order valence-electron chi connectivity index (χ2n) is 5.60. The van der Waals surface area contributed by atoms with E-state index >= 15 is 0 Å². The maximum atomic E-state index is 12.4. The first kappa shape index (κ1) is 17.0. The molecule has 1 heterocycles. The van der Waals surface area contributed by atoms with E-state index in [2.05, 4.69) is 5.32 Å². The minimum atomic E-state index is -0.271. The second-order valence-corrected chi connectivity index (χ2v) is 6.60. The Kier molecular flexibility index (Phi) is 5.36. The number of nitrogens with one attached hydrogen (secondary N) is 1. The van der Waals surface area contributed by atoms with Gasteiger partial charge in [-0.1, -0.05) is 60.2 Å². The summed E-state index contributed by atoms with van der Waals surface area (Å²) in [5.74, 6) is -0.271. The molecule has 126 valence electrons. The zero-order valence-corrected chi connectivity index (χ0v) is 14.6. The van der Waals surface area contributed by atoms with E-state index in [0.717, 1.165) is 28.6 Å². The number of nitrogens with zero attached hydrogens (tertiary/aromatic N) is 1. The number of thioether (sulfide) groups is 1. The van der Waals surface area contributed by atoms with E-state index in [0.29, 0.717) is 4.91 Å². The molecule has 1 N–H and O–H groups in total. The minimum Gasteiger partial charge on any atom is -0.367 e. The molecule has 0 bridgehead atoms. The van der Waals surface area contributed by atoms with Crippen LogP contribution in [0.4, 0.5) is 10.5 Å². The Bertz CT molecular complexity index is 827. The third-order valence-electron chi connectivity index (χ3n) is 3.70. The van der Waals surface area contributed by atoms with Crippen molar-refractivity contribution in [2.75, 3.05) is 12.0 Å². The molecule has 2 amide bonds. The summed E-state index contributed by atoms with van der Waals surface area (Å²) in [6.07, 6.45) is 5.38. The molecule has 25 heavy (non-hydrogen) atoms. The lowest BCUT2D eigenvalue weighted by Crippen LogP contribution is -2.33. The molecular weight excluding hydrogens is 332 g/mol. The van der Waals surface area contributed by atoms with Gasteiger partial charge in [-0.05, 0) is 42.5 Å². The zero-order chi connectivity index (χ0) is 17.6. The largest absolute Gasteiger partial charge is 0.367 e. The van der Waals surface area contributed by atoms with Crippen molar-refractivity contribution >= 4 is 34.7 Å². The number of carbonyl (C=O) groups excluding carboxylic acids is 2. The van der Waals surface area contributed by atoms with E-state index in [-0.39, 0.29) is 17.8 Å². The lowest BCUT2D eigenvalue weighted by atomic mass is 10.2. The van der Waals surface area contributed by atoms with Crippen LogP contribution in [-0.2, 0) is 4.79 Å². The molecule has 1 saturated heterocycles. The first-order valence-corrected chi connectivity index (χ1v) is 8.73. The number of benzene rings is 2. The topological polar surface area (TPSA) is 49.4 Å². The summed E-state index contributed by atoms with van der Waals surface area (Å²) in [5.41, 5.74) is 3.07. The summed E-state index contributed by atoms with van der Waals surface area (Å²) in [6, 6.07) is 17.6. The molecule has 2 aromatic rings. The van der Waals surface area contributed by atoms with Crippen molar-refractivity contribution in [2.24, 2.45) is 0 Å². The fourth-order valence-electron chi connectivity index (χ4n) is 2.30. The fraction of sp³-hybridized carbons (Fsp3) is 0.100. The normalized spacial score (nSPS) is 16.2. The average Bonchev–Trinajstić information content (AvgIpc) is 2.89. The highest BCUT2D eigenvalue weighted by Crippen LogP contribution is 2.30. The van der Waals surface area contributed by atoms with Crippen molar-refractivity contribution in [3.8, 4) is 0 Å². The van der Waals surface area contributed by atoms with Gasteiger partial charge in [0.05, 0.1) is 11.6 Å². The molecule has 3 rings (SSSR count).